The molecule has 0 fully saturated rings. The number of rotatable bonds is 7. The van der Waals surface area contributed by atoms with E-state index >= 15 is 0 Å². The van der Waals surface area contributed by atoms with Crippen LogP contribution in [0.15, 0.2) is 30.5 Å². The topological polar surface area (TPSA) is 56.7 Å². The summed E-state index contributed by atoms with van der Waals surface area (Å²) in [6, 6.07) is 8.33. The normalized spacial score (nSPS) is 11.5. The van der Waals surface area contributed by atoms with Crippen LogP contribution in [0.3, 0.4) is 0 Å². The molecule has 2 heterocycles. The minimum Gasteiger partial charge on any atom is -0.330 e. The molecule has 0 saturated heterocycles. The van der Waals surface area contributed by atoms with Crippen molar-refractivity contribution in [3.63, 3.8) is 0 Å². The van der Waals surface area contributed by atoms with Crippen LogP contribution in [0.2, 0.25) is 0 Å². The van der Waals surface area contributed by atoms with Crippen molar-refractivity contribution in [2.24, 2.45) is 5.73 Å². The van der Waals surface area contributed by atoms with Crippen LogP contribution in [-0.2, 0) is 13.0 Å². The SMILES string of the molecule is CCCCc1nc2cnc3ccccc3c2n1CCCCN. The number of nitrogens with zero attached hydrogens (tertiary/aromatic N) is 3. The number of hydrogen-bond donors (Lipinski definition) is 1. The maximum Gasteiger partial charge on any atom is 0.109 e. The van der Waals surface area contributed by atoms with E-state index < -0.39 is 0 Å². The molecule has 0 radical (unpaired) electrons. The van der Waals surface area contributed by atoms with Crippen molar-refractivity contribution >= 4 is 21.9 Å². The third-order valence-corrected chi connectivity index (χ3v) is 4.15. The number of imidazole rings is 1. The summed E-state index contributed by atoms with van der Waals surface area (Å²) < 4.78 is 2.39. The molecule has 0 amide bonds. The Bertz CT molecular complexity index is 760. The number of fused-ring (bicyclic) bond motifs is 3. The van der Waals surface area contributed by atoms with Gasteiger partial charge in [0.25, 0.3) is 0 Å². The van der Waals surface area contributed by atoms with Crippen LogP contribution < -0.4 is 5.73 Å². The summed E-state index contributed by atoms with van der Waals surface area (Å²) in [6.07, 6.45) is 7.44. The van der Waals surface area contributed by atoms with Gasteiger partial charge in [-0.15, -0.1) is 0 Å². The van der Waals surface area contributed by atoms with E-state index in [1.54, 1.807) is 0 Å². The molecule has 2 N–H and O–H groups in total. The second-order valence-electron chi connectivity index (χ2n) is 5.79. The molecule has 22 heavy (non-hydrogen) atoms. The van der Waals surface area contributed by atoms with Crippen molar-refractivity contribution < 1.29 is 0 Å². The zero-order valence-electron chi connectivity index (χ0n) is 13.3. The maximum atomic E-state index is 5.65. The molecule has 0 atom stereocenters. The number of pyridine rings is 1. The molecular weight excluding hydrogens is 272 g/mol. The van der Waals surface area contributed by atoms with Gasteiger partial charge < -0.3 is 10.3 Å². The lowest BCUT2D eigenvalue weighted by molar-refractivity contribution is 0.593. The molecule has 0 saturated carbocycles. The summed E-state index contributed by atoms with van der Waals surface area (Å²) in [6.45, 7) is 3.96. The number of hydrogen-bond acceptors (Lipinski definition) is 3. The van der Waals surface area contributed by atoms with E-state index in [0.717, 1.165) is 43.4 Å². The quantitative estimate of drug-likeness (QED) is 0.677. The van der Waals surface area contributed by atoms with E-state index in [4.69, 9.17) is 10.7 Å². The number of aryl methyl sites for hydroxylation is 2. The van der Waals surface area contributed by atoms with Crippen molar-refractivity contribution in [2.75, 3.05) is 6.54 Å². The second kappa shape index (κ2) is 6.88. The summed E-state index contributed by atoms with van der Waals surface area (Å²) in [5, 5.41) is 1.20. The third kappa shape index (κ3) is 2.83. The van der Waals surface area contributed by atoms with Gasteiger partial charge in [0, 0.05) is 18.4 Å². The number of unbranched alkanes of at least 4 members (excludes halogenated alkanes) is 2. The van der Waals surface area contributed by atoms with Gasteiger partial charge in [0.15, 0.2) is 0 Å². The Morgan fingerprint density at radius 3 is 2.77 bits per heavy atom. The van der Waals surface area contributed by atoms with E-state index in [0.29, 0.717) is 0 Å². The van der Waals surface area contributed by atoms with E-state index in [-0.39, 0.29) is 0 Å². The van der Waals surface area contributed by atoms with Crippen LogP contribution in [0.1, 0.15) is 38.4 Å². The molecule has 0 aliphatic heterocycles. The van der Waals surface area contributed by atoms with Gasteiger partial charge >= 0.3 is 0 Å². The Balaban J connectivity index is 2.12. The summed E-state index contributed by atoms with van der Waals surface area (Å²) in [5.41, 5.74) is 8.94. The molecular formula is C18H24N4. The lowest BCUT2D eigenvalue weighted by atomic mass is 10.2. The lowest BCUT2D eigenvalue weighted by Gasteiger charge is -2.10. The summed E-state index contributed by atoms with van der Waals surface area (Å²) in [4.78, 5) is 9.39. The van der Waals surface area contributed by atoms with Crippen LogP contribution in [-0.4, -0.2) is 21.1 Å². The molecule has 116 valence electrons. The van der Waals surface area contributed by atoms with Gasteiger partial charge in [-0.25, -0.2) is 4.98 Å². The van der Waals surface area contributed by atoms with Crippen LogP contribution in [0.4, 0.5) is 0 Å². The van der Waals surface area contributed by atoms with Gasteiger partial charge in [-0.1, -0.05) is 31.5 Å². The number of benzene rings is 1. The Kier molecular flexibility index (Phi) is 4.68. The number of para-hydroxylation sites is 1. The van der Waals surface area contributed by atoms with Crippen LogP contribution >= 0.6 is 0 Å². The predicted octanol–water partition coefficient (Wildman–Crippen LogP) is 3.67. The number of nitrogens with two attached hydrogens (primary N) is 1. The minimum atomic E-state index is 0.749. The smallest absolute Gasteiger partial charge is 0.109 e. The first-order valence-corrected chi connectivity index (χ1v) is 8.28. The molecule has 3 rings (SSSR count). The Morgan fingerprint density at radius 1 is 1.09 bits per heavy atom. The number of aromatic nitrogens is 3. The first-order chi connectivity index (χ1) is 10.8. The fourth-order valence-corrected chi connectivity index (χ4v) is 2.99. The molecule has 0 aliphatic carbocycles. The van der Waals surface area contributed by atoms with Crippen LogP contribution in [0.25, 0.3) is 21.9 Å². The largest absolute Gasteiger partial charge is 0.330 e. The molecule has 0 unspecified atom stereocenters. The molecule has 1 aromatic carbocycles. The summed E-state index contributed by atoms with van der Waals surface area (Å²) in [5.74, 6) is 1.19. The summed E-state index contributed by atoms with van der Waals surface area (Å²) >= 11 is 0. The van der Waals surface area contributed by atoms with Gasteiger partial charge in [-0.2, -0.15) is 0 Å². The van der Waals surface area contributed by atoms with E-state index in [2.05, 4.69) is 34.7 Å². The molecule has 0 bridgehead atoms. The highest BCUT2D eigenvalue weighted by molar-refractivity contribution is 6.02. The first kappa shape index (κ1) is 15.0. The van der Waals surface area contributed by atoms with E-state index in [1.807, 2.05) is 12.3 Å². The highest BCUT2D eigenvalue weighted by Crippen LogP contribution is 2.25. The van der Waals surface area contributed by atoms with Gasteiger partial charge in [0.1, 0.15) is 11.3 Å². The Morgan fingerprint density at radius 2 is 1.95 bits per heavy atom. The fraction of sp³-hybridized carbons (Fsp3) is 0.444. The molecule has 3 aromatic rings. The maximum absolute atomic E-state index is 5.65. The van der Waals surface area contributed by atoms with Gasteiger partial charge in [-0.3, -0.25) is 4.98 Å². The van der Waals surface area contributed by atoms with Crippen molar-refractivity contribution in [1.29, 1.82) is 0 Å². The van der Waals surface area contributed by atoms with Crippen LogP contribution in [0.5, 0.6) is 0 Å². The third-order valence-electron chi connectivity index (χ3n) is 4.15. The standard InChI is InChI=1S/C18H24N4/c1-2-3-10-17-21-16-13-20-15-9-5-4-8-14(15)18(16)22(17)12-7-6-11-19/h4-5,8-9,13H,2-3,6-7,10-12,19H2,1H3. The second-order valence-corrected chi connectivity index (χ2v) is 5.79. The van der Waals surface area contributed by atoms with Crippen LogP contribution in [0, 0.1) is 0 Å². The van der Waals surface area contributed by atoms with Gasteiger partial charge in [0.2, 0.25) is 0 Å². The van der Waals surface area contributed by atoms with Crippen molar-refractivity contribution in [2.45, 2.75) is 45.6 Å². The Labute approximate surface area is 131 Å². The van der Waals surface area contributed by atoms with Crippen molar-refractivity contribution in [3.8, 4) is 0 Å². The lowest BCUT2D eigenvalue weighted by Crippen LogP contribution is -2.07. The fourth-order valence-electron chi connectivity index (χ4n) is 2.99. The van der Waals surface area contributed by atoms with Crippen molar-refractivity contribution in [1.82, 2.24) is 14.5 Å². The molecule has 4 heteroatoms. The molecule has 2 aromatic heterocycles. The summed E-state index contributed by atoms with van der Waals surface area (Å²) in [7, 11) is 0. The van der Waals surface area contributed by atoms with Crippen molar-refractivity contribution in [3.05, 3.63) is 36.3 Å². The Hall–Kier alpha value is -1.94. The predicted molar refractivity (Wildman–Crippen MR) is 91.9 cm³/mol. The van der Waals surface area contributed by atoms with E-state index in [9.17, 15) is 0 Å². The van der Waals surface area contributed by atoms with Gasteiger partial charge in [-0.05, 0) is 31.9 Å². The molecule has 0 spiro atoms. The minimum absolute atomic E-state index is 0.749. The first-order valence-electron chi connectivity index (χ1n) is 8.28. The monoisotopic (exact) mass is 296 g/mol. The van der Waals surface area contributed by atoms with Gasteiger partial charge in [0.05, 0.1) is 17.2 Å². The molecule has 0 aliphatic rings. The average Bonchev–Trinajstić information content (AvgIpc) is 2.91. The zero-order chi connectivity index (χ0) is 15.4. The highest BCUT2D eigenvalue weighted by atomic mass is 15.1. The molecule has 4 nitrogen and oxygen atoms in total. The van der Waals surface area contributed by atoms with E-state index in [1.165, 1.54) is 29.6 Å². The average molecular weight is 296 g/mol. The zero-order valence-corrected chi connectivity index (χ0v) is 13.3. The highest BCUT2D eigenvalue weighted by Gasteiger charge is 2.13.